The van der Waals surface area contributed by atoms with Crippen molar-refractivity contribution in [1.29, 1.82) is 0 Å². The Balaban J connectivity index is 1.88. The fourth-order valence-corrected chi connectivity index (χ4v) is 2.88. The summed E-state index contributed by atoms with van der Waals surface area (Å²) in [5.74, 6) is -0.503. The molecule has 2 aromatic carbocycles. The third-order valence-electron chi connectivity index (χ3n) is 3.74. The number of aliphatic hydroxyl groups excluding tert-OH is 1. The first-order chi connectivity index (χ1) is 13.0. The van der Waals surface area contributed by atoms with Gasteiger partial charge in [0.2, 0.25) is 0 Å². The number of aliphatic hydroxyl groups is 1. The van der Waals surface area contributed by atoms with Crippen molar-refractivity contribution in [3.05, 3.63) is 64.7 Å². The summed E-state index contributed by atoms with van der Waals surface area (Å²) >= 11 is 11.0. The highest BCUT2D eigenvalue weighted by molar-refractivity contribution is 7.80. The standard InChI is InChI=1S/C19H15ClN2O4S/c20-13-3-5-14(6-4-13)22-18(25)16(17(24)21-19(22)27)11-12-1-7-15(8-2-12)26-10-9-23/h1-8,11,23H,9-10H2,(H,21,24,27)/b16-11-. The van der Waals surface area contributed by atoms with Gasteiger partial charge < -0.3 is 9.84 Å². The van der Waals surface area contributed by atoms with Crippen LogP contribution >= 0.6 is 23.8 Å². The molecule has 0 bridgehead atoms. The number of thiocarbonyl (C=S) groups is 1. The molecule has 0 unspecified atom stereocenters. The van der Waals surface area contributed by atoms with Gasteiger partial charge in [-0.3, -0.25) is 19.8 Å². The number of carbonyl (C=O) groups excluding carboxylic acids is 2. The van der Waals surface area contributed by atoms with Crippen LogP contribution in [0.15, 0.2) is 54.1 Å². The van der Waals surface area contributed by atoms with Crippen LogP contribution in [-0.2, 0) is 9.59 Å². The average molecular weight is 403 g/mol. The third-order valence-corrected chi connectivity index (χ3v) is 4.27. The van der Waals surface area contributed by atoms with Crippen molar-refractivity contribution in [3.8, 4) is 5.75 Å². The number of nitrogens with one attached hydrogen (secondary N) is 1. The second-order valence-corrected chi connectivity index (χ2v) is 6.40. The number of ether oxygens (including phenoxy) is 1. The molecule has 2 amide bonds. The number of nitrogens with zero attached hydrogens (tertiary/aromatic N) is 1. The molecule has 1 aliphatic heterocycles. The number of anilines is 1. The van der Waals surface area contributed by atoms with Gasteiger partial charge in [0, 0.05) is 5.02 Å². The second kappa shape index (κ2) is 8.30. The molecule has 0 radical (unpaired) electrons. The molecule has 0 aliphatic carbocycles. The third kappa shape index (κ3) is 4.33. The van der Waals surface area contributed by atoms with Crippen molar-refractivity contribution in [3.63, 3.8) is 0 Å². The van der Waals surface area contributed by atoms with Crippen LogP contribution in [0.4, 0.5) is 5.69 Å². The fourth-order valence-electron chi connectivity index (χ4n) is 2.47. The minimum Gasteiger partial charge on any atom is -0.491 e. The smallest absolute Gasteiger partial charge is 0.270 e. The van der Waals surface area contributed by atoms with Crippen LogP contribution in [0.1, 0.15) is 5.56 Å². The van der Waals surface area contributed by atoms with Crippen LogP contribution in [0.5, 0.6) is 5.75 Å². The quantitative estimate of drug-likeness (QED) is 0.456. The van der Waals surface area contributed by atoms with E-state index in [0.29, 0.717) is 22.0 Å². The van der Waals surface area contributed by atoms with Crippen molar-refractivity contribution in [1.82, 2.24) is 5.32 Å². The zero-order chi connectivity index (χ0) is 19.4. The first-order valence-corrected chi connectivity index (χ1v) is 8.79. The molecule has 1 fully saturated rings. The molecule has 6 nitrogen and oxygen atoms in total. The van der Waals surface area contributed by atoms with E-state index in [1.54, 1.807) is 48.5 Å². The normalized spacial score (nSPS) is 15.9. The van der Waals surface area contributed by atoms with Gasteiger partial charge in [-0.05, 0) is 60.3 Å². The van der Waals surface area contributed by atoms with Gasteiger partial charge in [0.05, 0.1) is 12.3 Å². The van der Waals surface area contributed by atoms with Gasteiger partial charge >= 0.3 is 0 Å². The summed E-state index contributed by atoms with van der Waals surface area (Å²) < 4.78 is 5.29. The highest BCUT2D eigenvalue weighted by Gasteiger charge is 2.34. The Kier molecular flexibility index (Phi) is 5.85. The van der Waals surface area contributed by atoms with Crippen LogP contribution in [-0.4, -0.2) is 35.2 Å². The average Bonchev–Trinajstić information content (AvgIpc) is 2.66. The van der Waals surface area contributed by atoms with Crippen LogP contribution in [0.25, 0.3) is 6.08 Å². The summed E-state index contributed by atoms with van der Waals surface area (Å²) in [6.45, 7) is 0.107. The highest BCUT2D eigenvalue weighted by atomic mass is 35.5. The van der Waals surface area contributed by atoms with Crippen LogP contribution in [0.2, 0.25) is 5.02 Å². The van der Waals surface area contributed by atoms with Crippen LogP contribution in [0, 0.1) is 0 Å². The molecule has 1 saturated heterocycles. The van der Waals surface area contributed by atoms with Gasteiger partial charge in [-0.15, -0.1) is 0 Å². The molecular formula is C19H15ClN2O4S. The molecule has 8 heteroatoms. The SMILES string of the molecule is O=C1NC(=S)N(c2ccc(Cl)cc2)C(=O)/C1=C\c1ccc(OCCO)cc1. The summed E-state index contributed by atoms with van der Waals surface area (Å²) in [7, 11) is 0. The Morgan fingerprint density at radius 3 is 2.41 bits per heavy atom. The topological polar surface area (TPSA) is 78.9 Å². The lowest BCUT2D eigenvalue weighted by molar-refractivity contribution is -0.122. The number of amides is 2. The van der Waals surface area contributed by atoms with E-state index >= 15 is 0 Å². The summed E-state index contributed by atoms with van der Waals surface area (Å²) in [4.78, 5) is 26.4. The predicted molar refractivity (Wildman–Crippen MR) is 107 cm³/mol. The molecule has 0 spiro atoms. The molecule has 0 saturated carbocycles. The number of carbonyl (C=O) groups is 2. The van der Waals surface area contributed by atoms with E-state index in [4.69, 9.17) is 33.7 Å². The maximum absolute atomic E-state index is 12.9. The molecular weight excluding hydrogens is 388 g/mol. The Morgan fingerprint density at radius 1 is 1.11 bits per heavy atom. The molecule has 0 aromatic heterocycles. The zero-order valence-electron chi connectivity index (χ0n) is 14.0. The van der Waals surface area contributed by atoms with E-state index in [9.17, 15) is 9.59 Å². The van der Waals surface area contributed by atoms with E-state index in [0.717, 1.165) is 0 Å². The van der Waals surface area contributed by atoms with Gasteiger partial charge in [0.25, 0.3) is 11.8 Å². The second-order valence-electron chi connectivity index (χ2n) is 5.58. The van der Waals surface area contributed by atoms with Crippen molar-refractivity contribution in [2.45, 2.75) is 0 Å². The van der Waals surface area contributed by atoms with Crippen molar-refractivity contribution in [2.75, 3.05) is 18.1 Å². The van der Waals surface area contributed by atoms with Crippen molar-refractivity contribution >= 4 is 52.5 Å². The van der Waals surface area contributed by atoms with Crippen LogP contribution < -0.4 is 15.0 Å². The molecule has 1 aliphatic rings. The summed E-state index contributed by atoms with van der Waals surface area (Å²) in [5, 5.41) is 11.8. The van der Waals surface area contributed by atoms with Gasteiger partial charge in [0.15, 0.2) is 5.11 Å². The number of rotatable bonds is 5. The minimum atomic E-state index is -0.559. The molecule has 138 valence electrons. The Morgan fingerprint density at radius 2 is 1.78 bits per heavy atom. The van der Waals surface area contributed by atoms with Gasteiger partial charge in [-0.2, -0.15) is 0 Å². The summed E-state index contributed by atoms with van der Waals surface area (Å²) in [5.41, 5.74) is 1.12. The molecule has 27 heavy (non-hydrogen) atoms. The van der Waals surface area contributed by atoms with Crippen molar-refractivity contribution < 1.29 is 19.4 Å². The fraction of sp³-hybridized carbons (Fsp3) is 0.105. The Hall–Kier alpha value is -2.74. The molecule has 3 rings (SSSR count). The largest absolute Gasteiger partial charge is 0.491 e. The van der Waals surface area contributed by atoms with E-state index in [2.05, 4.69) is 5.32 Å². The highest BCUT2D eigenvalue weighted by Crippen LogP contribution is 2.24. The zero-order valence-corrected chi connectivity index (χ0v) is 15.6. The lowest BCUT2D eigenvalue weighted by Gasteiger charge is -2.28. The Bertz CT molecular complexity index is 910. The summed E-state index contributed by atoms with van der Waals surface area (Å²) in [6, 6.07) is 13.4. The lowest BCUT2D eigenvalue weighted by atomic mass is 10.1. The minimum absolute atomic E-state index is 0.0113. The van der Waals surface area contributed by atoms with Gasteiger partial charge in [-0.1, -0.05) is 23.7 Å². The van der Waals surface area contributed by atoms with E-state index in [-0.39, 0.29) is 23.9 Å². The van der Waals surface area contributed by atoms with Crippen molar-refractivity contribution in [2.24, 2.45) is 0 Å². The maximum atomic E-state index is 12.9. The number of benzene rings is 2. The monoisotopic (exact) mass is 402 g/mol. The van der Waals surface area contributed by atoms with Gasteiger partial charge in [0.1, 0.15) is 17.9 Å². The van der Waals surface area contributed by atoms with E-state index < -0.39 is 11.8 Å². The van der Waals surface area contributed by atoms with Gasteiger partial charge in [-0.25, -0.2) is 0 Å². The van der Waals surface area contributed by atoms with Crippen LogP contribution in [0.3, 0.4) is 0 Å². The van der Waals surface area contributed by atoms with E-state index in [1.807, 2.05) is 0 Å². The lowest BCUT2D eigenvalue weighted by Crippen LogP contribution is -2.54. The summed E-state index contributed by atoms with van der Waals surface area (Å²) in [6.07, 6.45) is 1.48. The molecule has 1 heterocycles. The first-order valence-electron chi connectivity index (χ1n) is 8.00. The maximum Gasteiger partial charge on any atom is 0.270 e. The molecule has 2 N–H and O–H groups in total. The number of hydrogen-bond donors (Lipinski definition) is 2. The molecule has 0 atom stereocenters. The predicted octanol–water partition coefficient (Wildman–Crippen LogP) is 2.54. The Labute approximate surface area is 166 Å². The van der Waals surface area contributed by atoms with E-state index in [1.165, 1.54) is 11.0 Å². The molecule has 2 aromatic rings. The number of hydrogen-bond acceptors (Lipinski definition) is 5. The first kappa shape index (κ1) is 19.0. The number of halogens is 1.